The highest BCUT2D eigenvalue weighted by atomic mass is 16.1. The van der Waals surface area contributed by atoms with Crippen molar-refractivity contribution in [2.75, 3.05) is 6.54 Å². The van der Waals surface area contributed by atoms with Gasteiger partial charge < -0.3 is 5.32 Å². The van der Waals surface area contributed by atoms with E-state index in [0.29, 0.717) is 11.8 Å². The van der Waals surface area contributed by atoms with Crippen LogP contribution >= 0.6 is 0 Å². The number of amides is 1. The maximum absolute atomic E-state index is 12.7. The zero-order valence-corrected chi connectivity index (χ0v) is 15.5. The number of rotatable bonds is 8. The fraction of sp³-hybridized carbons (Fsp3) is 0.952. The third-order valence-corrected chi connectivity index (χ3v) is 6.94. The Kier molecular flexibility index (Phi) is 5.69. The standard InChI is InChI=1S/C21H37NO/c1-14(2)5-4-6-15(3)7-8-22-21(23)20-18-10-16-9-17(12-18)13-19(20)11-16/h14-20H,4-13H2,1-3H3,(H,22,23). The van der Waals surface area contributed by atoms with Crippen LogP contribution in [0.1, 0.15) is 78.6 Å². The van der Waals surface area contributed by atoms with Gasteiger partial charge >= 0.3 is 0 Å². The van der Waals surface area contributed by atoms with Crippen molar-refractivity contribution in [1.82, 2.24) is 5.32 Å². The van der Waals surface area contributed by atoms with Crippen molar-refractivity contribution in [3.05, 3.63) is 0 Å². The SMILES string of the molecule is CC(C)CCCC(C)CCNC(=O)C1C2CC3CC(C2)CC1C3. The zero-order chi connectivity index (χ0) is 16.4. The van der Waals surface area contributed by atoms with Crippen LogP contribution in [-0.4, -0.2) is 12.5 Å². The van der Waals surface area contributed by atoms with Crippen molar-refractivity contribution >= 4 is 5.91 Å². The minimum Gasteiger partial charge on any atom is -0.356 e. The largest absolute Gasteiger partial charge is 0.356 e. The molecule has 4 aliphatic carbocycles. The molecule has 1 N–H and O–H groups in total. The van der Waals surface area contributed by atoms with E-state index in [4.69, 9.17) is 0 Å². The van der Waals surface area contributed by atoms with Gasteiger partial charge in [0, 0.05) is 12.5 Å². The summed E-state index contributed by atoms with van der Waals surface area (Å²) in [6.07, 6.45) is 12.0. The second-order valence-electron chi connectivity index (χ2n) is 9.47. The fourth-order valence-corrected chi connectivity index (χ4v) is 5.93. The van der Waals surface area contributed by atoms with Crippen LogP contribution in [-0.2, 0) is 4.79 Å². The van der Waals surface area contributed by atoms with E-state index in [9.17, 15) is 4.79 Å². The number of hydrogen-bond donors (Lipinski definition) is 1. The second kappa shape index (κ2) is 7.57. The molecule has 132 valence electrons. The predicted molar refractivity (Wildman–Crippen MR) is 96.0 cm³/mol. The molecule has 4 rings (SSSR count). The van der Waals surface area contributed by atoms with Crippen molar-refractivity contribution < 1.29 is 4.79 Å². The summed E-state index contributed by atoms with van der Waals surface area (Å²) >= 11 is 0. The smallest absolute Gasteiger partial charge is 0.223 e. The monoisotopic (exact) mass is 319 g/mol. The molecule has 1 unspecified atom stereocenters. The first-order valence-corrected chi connectivity index (χ1v) is 10.3. The van der Waals surface area contributed by atoms with Crippen LogP contribution in [0.5, 0.6) is 0 Å². The van der Waals surface area contributed by atoms with E-state index < -0.39 is 0 Å². The van der Waals surface area contributed by atoms with E-state index in [0.717, 1.165) is 48.5 Å². The number of carbonyl (C=O) groups is 1. The van der Waals surface area contributed by atoms with Gasteiger partial charge in [-0.25, -0.2) is 0 Å². The van der Waals surface area contributed by atoms with Gasteiger partial charge in [0.15, 0.2) is 0 Å². The van der Waals surface area contributed by atoms with Crippen LogP contribution in [0.3, 0.4) is 0 Å². The summed E-state index contributed by atoms with van der Waals surface area (Å²) in [6, 6.07) is 0. The maximum atomic E-state index is 12.7. The topological polar surface area (TPSA) is 29.1 Å². The Morgan fingerprint density at radius 3 is 2.09 bits per heavy atom. The van der Waals surface area contributed by atoms with Gasteiger partial charge in [0.05, 0.1) is 0 Å². The van der Waals surface area contributed by atoms with Crippen molar-refractivity contribution in [3.8, 4) is 0 Å². The highest BCUT2D eigenvalue weighted by Gasteiger charge is 2.50. The molecule has 1 amide bonds. The highest BCUT2D eigenvalue weighted by Crippen LogP contribution is 2.56. The van der Waals surface area contributed by atoms with E-state index in [2.05, 4.69) is 26.1 Å². The molecule has 4 fully saturated rings. The van der Waals surface area contributed by atoms with E-state index in [-0.39, 0.29) is 0 Å². The van der Waals surface area contributed by atoms with Crippen LogP contribution in [0.25, 0.3) is 0 Å². The molecule has 23 heavy (non-hydrogen) atoms. The molecule has 4 aliphatic rings. The average Bonchev–Trinajstić information content (AvgIpc) is 2.45. The summed E-state index contributed by atoms with van der Waals surface area (Å²) < 4.78 is 0. The number of hydrogen-bond acceptors (Lipinski definition) is 1. The molecule has 0 heterocycles. The van der Waals surface area contributed by atoms with Crippen LogP contribution in [0.15, 0.2) is 0 Å². The summed E-state index contributed by atoms with van der Waals surface area (Å²) in [7, 11) is 0. The average molecular weight is 320 g/mol. The molecule has 0 aromatic carbocycles. The highest BCUT2D eigenvalue weighted by molar-refractivity contribution is 5.79. The van der Waals surface area contributed by atoms with Crippen LogP contribution in [0.2, 0.25) is 0 Å². The van der Waals surface area contributed by atoms with Gasteiger partial charge in [0.2, 0.25) is 5.91 Å². The predicted octanol–water partition coefficient (Wildman–Crippen LogP) is 5.03. The molecule has 4 bridgehead atoms. The Bertz CT molecular complexity index is 375. The lowest BCUT2D eigenvalue weighted by atomic mass is 9.51. The lowest BCUT2D eigenvalue weighted by Crippen LogP contribution is -2.51. The Morgan fingerprint density at radius 2 is 1.52 bits per heavy atom. The number of nitrogens with one attached hydrogen (secondary N) is 1. The van der Waals surface area contributed by atoms with Crippen LogP contribution in [0, 0.1) is 41.4 Å². The van der Waals surface area contributed by atoms with Crippen molar-refractivity contribution in [3.63, 3.8) is 0 Å². The summed E-state index contributed by atoms with van der Waals surface area (Å²) in [5, 5.41) is 3.30. The van der Waals surface area contributed by atoms with Gasteiger partial charge in [-0.15, -0.1) is 0 Å². The van der Waals surface area contributed by atoms with Gasteiger partial charge in [-0.2, -0.15) is 0 Å². The molecule has 0 aliphatic heterocycles. The maximum Gasteiger partial charge on any atom is 0.223 e. The Hall–Kier alpha value is -0.530. The van der Waals surface area contributed by atoms with E-state index >= 15 is 0 Å². The molecule has 0 saturated heterocycles. The van der Waals surface area contributed by atoms with E-state index in [1.54, 1.807) is 0 Å². The van der Waals surface area contributed by atoms with Crippen molar-refractivity contribution in [2.45, 2.75) is 78.6 Å². The summed E-state index contributed by atoms with van der Waals surface area (Å²) in [5.41, 5.74) is 0. The lowest BCUT2D eigenvalue weighted by Gasteiger charge is -2.53. The first kappa shape index (κ1) is 17.3. The van der Waals surface area contributed by atoms with Gasteiger partial charge in [0.25, 0.3) is 0 Å². The summed E-state index contributed by atoms with van der Waals surface area (Å²) in [4.78, 5) is 12.7. The first-order chi connectivity index (χ1) is 11.0. The normalized spacial score (nSPS) is 36.4. The van der Waals surface area contributed by atoms with Crippen LogP contribution in [0.4, 0.5) is 0 Å². The fourth-order valence-electron chi connectivity index (χ4n) is 5.93. The van der Waals surface area contributed by atoms with Gasteiger partial charge in [0.1, 0.15) is 0 Å². The molecule has 2 heteroatoms. The van der Waals surface area contributed by atoms with Gasteiger partial charge in [-0.1, -0.05) is 40.0 Å². The third-order valence-electron chi connectivity index (χ3n) is 6.94. The molecule has 0 spiro atoms. The van der Waals surface area contributed by atoms with Crippen molar-refractivity contribution in [2.24, 2.45) is 41.4 Å². The molecule has 1 atom stereocenters. The molecule has 0 aromatic rings. The first-order valence-electron chi connectivity index (χ1n) is 10.3. The third kappa shape index (κ3) is 4.31. The Labute approximate surface area is 143 Å². The lowest BCUT2D eigenvalue weighted by molar-refractivity contribution is -0.138. The summed E-state index contributed by atoms with van der Waals surface area (Å²) in [5.74, 6) is 5.67. The molecule has 0 aromatic heterocycles. The minimum atomic E-state index is 0.360. The quantitative estimate of drug-likeness (QED) is 0.668. The van der Waals surface area contributed by atoms with E-state index in [1.807, 2.05) is 0 Å². The van der Waals surface area contributed by atoms with Crippen molar-refractivity contribution in [1.29, 1.82) is 0 Å². The second-order valence-corrected chi connectivity index (χ2v) is 9.47. The zero-order valence-electron chi connectivity index (χ0n) is 15.5. The number of carbonyl (C=O) groups excluding carboxylic acids is 1. The van der Waals surface area contributed by atoms with E-state index in [1.165, 1.54) is 51.4 Å². The van der Waals surface area contributed by atoms with Crippen LogP contribution < -0.4 is 5.32 Å². The minimum absolute atomic E-state index is 0.360. The Morgan fingerprint density at radius 1 is 0.913 bits per heavy atom. The Balaban J connectivity index is 1.37. The van der Waals surface area contributed by atoms with Gasteiger partial charge in [-0.3, -0.25) is 4.79 Å². The van der Waals surface area contributed by atoms with Gasteiger partial charge in [-0.05, 0) is 74.0 Å². The molecule has 4 saturated carbocycles. The molecule has 2 nitrogen and oxygen atoms in total. The molecule has 0 radical (unpaired) electrons. The summed E-state index contributed by atoms with van der Waals surface area (Å²) in [6.45, 7) is 7.84. The molecular weight excluding hydrogens is 282 g/mol. The molecular formula is C21H37NO.